The van der Waals surface area contributed by atoms with Crippen LogP contribution in [0, 0.1) is 0 Å². The molecule has 33 heavy (non-hydrogen) atoms. The molecule has 1 atom stereocenters. The van der Waals surface area contributed by atoms with Crippen LogP contribution < -0.4 is 5.32 Å². The van der Waals surface area contributed by atoms with Gasteiger partial charge in [-0.2, -0.15) is 0 Å². The standard InChI is InChI=1S/C23H22N4O5S/c1-23(18-13-15-5-2-3-6-16(15)32-18)21(30)27(22(31)24-23)14-19(28)25-8-10-26(11-9-25)20(29)17-7-4-12-33-17/h2-7,12-13H,8-11,14H2,1H3,(H,24,31)/t23-/m1/s1. The lowest BCUT2D eigenvalue weighted by Crippen LogP contribution is -2.53. The number of imide groups is 1. The van der Waals surface area contributed by atoms with Gasteiger partial charge in [0.25, 0.3) is 11.8 Å². The van der Waals surface area contributed by atoms with Gasteiger partial charge in [0.1, 0.15) is 17.9 Å². The summed E-state index contributed by atoms with van der Waals surface area (Å²) in [4.78, 5) is 56.0. The van der Waals surface area contributed by atoms with E-state index in [2.05, 4.69) is 5.32 Å². The first-order valence-electron chi connectivity index (χ1n) is 10.6. The summed E-state index contributed by atoms with van der Waals surface area (Å²) in [7, 11) is 0. The number of nitrogens with zero attached hydrogens (tertiary/aromatic N) is 3. The fourth-order valence-electron chi connectivity index (χ4n) is 4.19. The van der Waals surface area contributed by atoms with Crippen LogP contribution in [0.4, 0.5) is 4.79 Å². The number of para-hydroxylation sites is 1. The summed E-state index contributed by atoms with van der Waals surface area (Å²) in [6.07, 6.45) is 0. The van der Waals surface area contributed by atoms with Crippen LogP contribution in [-0.2, 0) is 15.1 Å². The summed E-state index contributed by atoms with van der Waals surface area (Å²) in [6.45, 7) is 2.71. The van der Waals surface area contributed by atoms with Crippen LogP contribution in [0.15, 0.2) is 52.3 Å². The molecule has 4 heterocycles. The largest absolute Gasteiger partial charge is 0.458 e. The van der Waals surface area contributed by atoms with Crippen LogP contribution in [0.2, 0.25) is 0 Å². The zero-order chi connectivity index (χ0) is 23.2. The molecule has 5 amide bonds. The number of urea groups is 1. The molecule has 0 radical (unpaired) electrons. The van der Waals surface area contributed by atoms with Crippen molar-refractivity contribution in [1.82, 2.24) is 20.0 Å². The van der Waals surface area contributed by atoms with Crippen molar-refractivity contribution in [2.75, 3.05) is 32.7 Å². The lowest BCUT2D eigenvalue weighted by Gasteiger charge is -2.35. The maximum Gasteiger partial charge on any atom is 0.325 e. The van der Waals surface area contributed by atoms with Crippen LogP contribution in [0.3, 0.4) is 0 Å². The van der Waals surface area contributed by atoms with Gasteiger partial charge in [-0.3, -0.25) is 19.3 Å². The number of fused-ring (bicyclic) bond motifs is 1. The lowest BCUT2D eigenvalue weighted by molar-refractivity contribution is -0.140. The molecule has 2 aliphatic rings. The predicted molar refractivity (Wildman–Crippen MR) is 121 cm³/mol. The number of carbonyl (C=O) groups excluding carboxylic acids is 4. The molecule has 170 valence electrons. The number of hydrogen-bond acceptors (Lipinski definition) is 6. The van der Waals surface area contributed by atoms with Crippen LogP contribution in [0.5, 0.6) is 0 Å². The number of benzene rings is 1. The Morgan fingerprint density at radius 1 is 1.06 bits per heavy atom. The molecule has 10 heteroatoms. The number of rotatable bonds is 4. The quantitative estimate of drug-likeness (QED) is 0.594. The summed E-state index contributed by atoms with van der Waals surface area (Å²) >= 11 is 1.38. The third kappa shape index (κ3) is 3.66. The van der Waals surface area contributed by atoms with E-state index in [1.54, 1.807) is 34.9 Å². The molecule has 0 unspecified atom stereocenters. The molecule has 1 N–H and O–H groups in total. The Kier molecular flexibility index (Phi) is 5.16. The molecule has 2 fully saturated rings. The van der Waals surface area contributed by atoms with E-state index < -0.39 is 17.5 Å². The maximum absolute atomic E-state index is 13.2. The Morgan fingerprint density at radius 3 is 2.48 bits per heavy atom. The van der Waals surface area contributed by atoms with Gasteiger partial charge in [-0.25, -0.2) is 4.79 Å². The molecular formula is C23H22N4O5S. The van der Waals surface area contributed by atoms with Gasteiger partial charge < -0.3 is 19.5 Å². The van der Waals surface area contributed by atoms with Crippen molar-refractivity contribution in [3.8, 4) is 0 Å². The van der Waals surface area contributed by atoms with E-state index in [9.17, 15) is 19.2 Å². The van der Waals surface area contributed by atoms with Crippen molar-refractivity contribution in [1.29, 1.82) is 0 Å². The first-order valence-corrected chi connectivity index (χ1v) is 11.5. The molecular weight excluding hydrogens is 444 g/mol. The highest BCUT2D eigenvalue weighted by Gasteiger charge is 2.52. The van der Waals surface area contributed by atoms with E-state index in [4.69, 9.17) is 4.42 Å². The minimum Gasteiger partial charge on any atom is -0.458 e. The van der Waals surface area contributed by atoms with E-state index >= 15 is 0 Å². The number of hydrogen-bond donors (Lipinski definition) is 1. The summed E-state index contributed by atoms with van der Waals surface area (Å²) in [6, 6.07) is 12.0. The van der Waals surface area contributed by atoms with Crippen LogP contribution in [-0.4, -0.2) is 71.2 Å². The molecule has 5 rings (SSSR count). The second-order valence-corrected chi connectivity index (χ2v) is 9.19. The van der Waals surface area contributed by atoms with E-state index in [0.717, 1.165) is 10.3 Å². The summed E-state index contributed by atoms with van der Waals surface area (Å²) in [5, 5.41) is 5.35. The maximum atomic E-state index is 13.2. The van der Waals surface area contributed by atoms with Crippen LogP contribution in [0.25, 0.3) is 11.0 Å². The third-order valence-corrected chi connectivity index (χ3v) is 7.00. The Labute approximate surface area is 193 Å². The minimum absolute atomic E-state index is 0.0483. The van der Waals surface area contributed by atoms with Crippen molar-refractivity contribution in [3.63, 3.8) is 0 Å². The highest BCUT2D eigenvalue weighted by atomic mass is 32.1. The zero-order valence-corrected chi connectivity index (χ0v) is 18.8. The predicted octanol–water partition coefficient (Wildman–Crippen LogP) is 2.25. The fraction of sp³-hybridized carbons (Fsp3) is 0.304. The Hall–Kier alpha value is -3.66. The zero-order valence-electron chi connectivity index (χ0n) is 17.9. The summed E-state index contributed by atoms with van der Waals surface area (Å²) in [5.74, 6) is -0.604. The molecule has 1 aromatic carbocycles. The van der Waals surface area contributed by atoms with E-state index in [1.807, 2.05) is 29.6 Å². The summed E-state index contributed by atoms with van der Waals surface area (Å²) < 4.78 is 5.81. The van der Waals surface area contributed by atoms with Gasteiger partial charge in [0, 0.05) is 31.6 Å². The van der Waals surface area contributed by atoms with Crippen LogP contribution in [0.1, 0.15) is 22.4 Å². The Bertz CT molecular complexity index is 1210. The fourth-order valence-corrected chi connectivity index (χ4v) is 4.88. The Balaban J connectivity index is 1.24. The molecule has 0 spiro atoms. The SMILES string of the molecule is C[C@]1(c2cc3ccccc3o2)NC(=O)N(CC(=O)N2CCN(C(=O)c3cccs3)CC2)C1=O. The number of piperazine rings is 1. The molecule has 3 aromatic rings. The third-order valence-electron chi connectivity index (χ3n) is 6.14. The average Bonchev–Trinajstić information content (AvgIpc) is 3.55. The molecule has 0 bridgehead atoms. The molecule has 9 nitrogen and oxygen atoms in total. The second kappa shape index (κ2) is 8.04. The second-order valence-electron chi connectivity index (χ2n) is 8.25. The molecule has 0 aliphatic carbocycles. The van der Waals surface area contributed by atoms with Crippen molar-refractivity contribution in [3.05, 3.63) is 58.5 Å². The van der Waals surface area contributed by atoms with Gasteiger partial charge in [-0.05, 0) is 30.5 Å². The number of carbonyl (C=O) groups is 4. The number of amides is 5. The first kappa shape index (κ1) is 21.2. The van der Waals surface area contributed by atoms with Gasteiger partial charge >= 0.3 is 6.03 Å². The molecule has 0 saturated carbocycles. The average molecular weight is 467 g/mol. The molecule has 2 aliphatic heterocycles. The van der Waals surface area contributed by atoms with Crippen molar-refractivity contribution in [2.24, 2.45) is 0 Å². The Morgan fingerprint density at radius 2 is 1.79 bits per heavy atom. The van der Waals surface area contributed by atoms with Gasteiger partial charge in [-0.15, -0.1) is 11.3 Å². The van der Waals surface area contributed by atoms with Gasteiger partial charge in [0.15, 0.2) is 5.54 Å². The minimum atomic E-state index is -1.39. The topological polar surface area (TPSA) is 103 Å². The van der Waals surface area contributed by atoms with Gasteiger partial charge in [0.2, 0.25) is 5.91 Å². The number of furan rings is 1. The normalized spacial score (nSPS) is 21.1. The highest BCUT2D eigenvalue weighted by molar-refractivity contribution is 7.12. The van der Waals surface area contributed by atoms with Crippen molar-refractivity contribution in [2.45, 2.75) is 12.5 Å². The smallest absolute Gasteiger partial charge is 0.325 e. The van der Waals surface area contributed by atoms with Crippen molar-refractivity contribution < 1.29 is 23.6 Å². The molecule has 2 saturated heterocycles. The molecule has 2 aromatic heterocycles. The first-order chi connectivity index (χ1) is 15.9. The van der Waals surface area contributed by atoms with E-state index in [0.29, 0.717) is 42.4 Å². The monoisotopic (exact) mass is 466 g/mol. The highest BCUT2D eigenvalue weighted by Crippen LogP contribution is 2.33. The number of nitrogens with one attached hydrogen (secondary N) is 1. The van der Waals surface area contributed by atoms with Gasteiger partial charge in [0.05, 0.1) is 4.88 Å². The summed E-state index contributed by atoms with van der Waals surface area (Å²) in [5.41, 5.74) is -0.775. The van der Waals surface area contributed by atoms with Crippen molar-refractivity contribution >= 4 is 46.1 Å². The van der Waals surface area contributed by atoms with E-state index in [-0.39, 0.29) is 18.4 Å². The lowest BCUT2D eigenvalue weighted by atomic mass is 9.99. The number of thiophene rings is 1. The van der Waals surface area contributed by atoms with Gasteiger partial charge in [-0.1, -0.05) is 24.3 Å². The van der Waals surface area contributed by atoms with E-state index in [1.165, 1.54) is 11.3 Å². The van der Waals surface area contributed by atoms with Crippen LogP contribution >= 0.6 is 11.3 Å².